The Bertz CT molecular complexity index is 612. The molecule has 0 bridgehead atoms. The first-order chi connectivity index (χ1) is 10.0. The molecular weight excluding hydrogens is 265 g/mol. The van der Waals surface area contributed by atoms with Gasteiger partial charge in [0.15, 0.2) is 11.6 Å². The van der Waals surface area contributed by atoms with E-state index < -0.39 is 0 Å². The highest BCUT2D eigenvalue weighted by molar-refractivity contribution is 5.33. The van der Waals surface area contributed by atoms with Gasteiger partial charge in [0.2, 0.25) is 0 Å². The minimum absolute atomic E-state index is 0.189. The van der Waals surface area contributed by atoms with Gasteiger partial charge >= 0.3 is 0 Å². The summed E-state index contributed by atoms with van der Waals surface area (Å²) in [5.41, 5.74) is 9.27. The zero-order chi connectivity index (χ0) is 15.4. The highest BCUT2D eigenvalue weighted by Crippen LogP contribution is 2.29. The smallest absolute Gasteiger partial charge is 0.165 e. The molecule has 0 saturated carbocycles. The molecule has 0 radical (unpaired) electrons. The van der Waals surface area contributed by atoms with Crippen LogP contribution in [0.4, 0.5) is 4.39 Å². The Hall–Kier alpha value is -1.87. The van der Waals surface area contributed by atoms with Gasteiger partial charge < -0.3 is 10.5 Å². The molecular formula is C18H22FNO. The van der Waals surface area contributed by atoms with Gasteiger partial charge in [-0.15, -0.1) is 0 Å². The molecule has 0 heterocycles. The molecule has 2 rings (SSSR count). The van der Waals surface area contributed by atoms with Crippen LogP contribution in [-0.4, -0.2) is 6.04 Å². The average molecular weight is 287 g/mol. The van der Waals surface area contributed by atoms with Gasteiger partial charge in [0, 0.05) is 6.04 Å². The molecule has 3 heteroatoms. The van der Waals surface area contributed by atoms with Crippen molar-refractivity contribution in [1.82, 2.24) is 0 Å². The highest BCUT2D eigenvalue weighted by atomic mass is 19.1. The fourth-order valence-electron chi connectivity index (χ4n) is 2.34. The third kappa shape index (κ3) is 3.61. The number of benzene rings is 2. The summed E-state index contributed by atoms with van der Waals surface area (Å²) < 4.78 is 19.9. The van der Waals surface area contributed by atoms with Gasteiger partial charge in [0.1, 0.15) is 6.10 Å². The first-order valence-electron chi connectivity index (χ1n) is 7.26. The van der Waals surface area contributed by atoms with Crippen molar-refractivity contribution >= 4 is 0 Å². The van der Waals surface area contributed by atoms with Gasteiger partial charge in [0.05, 0.1) is 0 Å². The predicted octanol–water partition coefficient (Wildman–Crippen LogP) is 4.30. The van der Waals surface area contributed by atoms with Gasteiger partial charge in [-0.3, -0.25) is 0 Å². The summed E-state index contributed by atoms with van der Waals surface area (Å²) in [7, 11) is 0. The Morgan fingerprint density at radius 1 is 1.14 bits per heavy atom. The van der Waals surface area contributed by atoms with Crippen molar-refractivity contribution in [2.45, 2.75) is 39.3 Å². The van der Waals surface area contributed by atoms with Crippen molar-refractivity contribution < 1.29 is 9.13 Å². The summed E-state index contributed by atoms with van der Waals surface area (Å²) in [5.74, 6) is -0.102. The van der Waals surface area contributed by atoms with Crippen LogP contribution < -0.4 is 10.5 Å². The van der Waals surface area contributed by atoms with E-state index in [1.54, 1.807) is 12.1 Å². The van der Waals surface area contributed by atoms with Gasteiger partial charge in [-0.2, -0.15) is 0 Å². The van der Waals surface area contributed by atoms with Crippen molar-refractivity contribution in [1.29, 1.82) is 0 Å². The Morgan fingerprint density at radius 3 is 2.52 bits per heavy atom. The van der Waals surface area contributed by atoms with E-state index in [-0.39, 0.29) is 23.7 Å². The molecule has 0 spiro atoms. The van der Waals surface area contributed by atoms with E-state index >= 15 is 0 Å². The van der Waals surface area contributed by atoms with Crippen LogP contribution in [0.3, 0.4) is 0 Å². The largest absolute Gasteiger partial charge is 0.481 e. The molecule has 0 fully saturated rings. The van der Waals surface area contributed by atoms with E-state index in [0.717, 1.165) is 23.1 Å². The lowest BCUT2D eigenvalue weighted by Crippen LogP contribution is -2.32. The van der Waals surface area contributed by atoms with Crippen molar-refractivity contribution in [2.24, 2.45) is 5.73 Å². The summed E-state index contributed by atoms with van der Waals surface area (Å²) >= 11 is 0. The number of rotatable bonds is 5. The SMILES string of the molecule is CCC(N)C(Oc1cc(C)ccc1F)c1ccccc1C. The molecule has 0 aliphatic heterocycles. The van der Waals surface area contributed by atoms with Crippen molar-refractivity contribution in [3.05, 3.63) is 65.0 Å². The molecule has 112 valence electrons. The van der Waals surface area contributed by atoms with Crippen molar-refractivity contribution in [3.8, 4) is 5.75 Å². The van der Waals surface area contributed by atoms with Gasteiger partial charge in [-0.1, -0.05) is 37.3 Å². The second-order valence-electron chi connectivity index (χ2n) is 5.40. The maximum absolute atomic E-state index is 13.9. The van der Waals surface area contributed by atoms with Crippen LogP contribution in [0.15, 0.2) is 42.5 Å². The summed E-state index contributed by atoms with van der Waals surface area (Å²) in [5, 5.41) is 0. The van der Waals surface area contributed by atoms with Crippen molar-refractivity contribution in [3.63, 3.8) is 0 Å². The third-order valence-electron chi connectivity index (χ3n) is 3.70. The van der Waals surface area contributed by atoms with Gasteiger partial charge in [-0.05, 0) is 49.1 Å². The minimum Gasteiger partial charge on any atom is -0.481 e. The number of hydrogen-bond acceptors (Lipinski definition) is 2. The quantitative estimate of drug-likeness (QED) is 0.890. The lowest BCUT2D eigenvalue weighted by Gasteiger charge is -2.26. The number of ether oxygens (including phenoxy) is 1. The topological polar surface area (TPSA) is 35.2 Å². The molecule has 21 heavy (non-hydrogen) atoms. The first-order valence-corrected chi connectivity index (χ1v) is 7.26. The zero-order valence-corrected chi connectivity index (χ0v) is 12.8. The van der Waals surface area contributed by atoms with Gasteiger partial charge in [0.25, 0.3) is 0 Å². The third-order valence-corrected chi connectivity index (χ3v) is 3.70. The Balaban J connectivity index is 2.38. The second-order valence-corrected chi connectivity index (χ2v) is 5.40. The van der Waals surface area contributed by atoms with E-state index in [2.05, 4.69) is 0 Å². The first kappa shape index (κ1) is 15.5. The second kappa shape index (κ2) is 6.72. The molecule has 0 saturated heterocycles. The minimum atomic E-state index is -0.359. The predicted molar refractivity (Wildman–Crippen MR) is 84.0 cm³/mol. The summed E-state index contributed by atoms with van der Waals surface area (Å²) in [4.78, 5) is 0. The lowest BCUT2D eigenvalue weighted by molar-refractivity contribution is 0.163. The average Bonchev–Trinajstić information content (AvgIpc) is 2.48. The molecule has 2 unspecified atom stereocenters. The van der Waals surface area contributed by atoms with Crippen LogP contribution in [-0.2, 0) is 0 Å². The summed E-state index contributed by atoms with van der Waals surface area (Å²) in [6.07, 6.45) is 0.402. The van der Waals surface area contributed by atoms with Crippen LogP contribution in [0.25, 0.3) is 0 Å². The van der Waals surface area contributed by atoms with Crippen LogP contribution in [0, 0.1) is 19.7 Å². The summed E-state index contributed by atoms with van der Waals surface area (Å²) in [6.45, 7) is 5.93. The van der Waals surface area contributed by atoms with E-state index in [1.165, 1.54) is 6.07 Å². The van der Waals surface area contributed by atoms with E-state index in [1.807, 2.05) is 45.0 Å². The molecule has 2 atom stereocenters. The van der Waals surface area contributed by atoms with Crippen LogP contribution in [0.2, 0.25) is 0 Å². The Morgan fingerprint density at radius 2 is 1.86 bits per heavy atom. The zero-order valence-electron chi connectivity index (χ0n) is 12.8. The highest BCUT2D eigenvalue weighted by Gasteiger charge is 2.23. The monoisotopic (exact) mass is 287 g/mol. The number of nitrogens with two attached hydrogens (primary N) is 1. The molecule has 0 aliphatic rings. The molecule has 2 aromatic rings. The Labute approximate surface area is 125 Å². The molecule has 0 amide bonds. The molecule has 0 aliphatic carbocycles. The number of halogens is 1. The molecule has 2 aromatic carbocycles. The lowest BCUT2D eigenvalue weighted by atomic mass is 9.96. The number of hydrogen-bond donors (Lipinski definition) is 1. The van der Waals surface area contributed by atoms with E-state index in [4.69, 9.17) is 10.5 Å². The maximum atomic E-state index is 13.9. The summed E-state index contributed by atoms with van der Waals surface area (Å²) in [6, 6.07) is 12.6. The standard InChI is InChI=1S/C18H22FNO/c1-4-16(20)18(14-8-6-5-7-13(14)3)21-17-11-12(2)9-10-15(17)19/h5-11,16,18H,4,20H2,1-3H3. The Kier molecular flexibility index (Phi) is 4.97. The fourth-order valence-corrected chi connectivity index (χ4v) is 2.34. The molecule has 0 aromatic heterocycles. The van der Waals surface area contributed by atoms with Crippen LogP contribution >= 0.6 is 0 Å². The van der Waals surface area contributed by atoms with Crippen LogP contribution in [0.1, 0.15) is 36.1 Å². The molecule has 2 nitrogen and oxygen atoms in total. The van der Waals surface area contributed by atoms with E-state index in [0.29, 0.717) is 0 Å². The fraction of sp³-hybridized carbons (Fsp3) is 0.333. The van der Waals surface area contributed by atoms with Crippen LogP contribution in [0.5, 0.6) is 5.75 Å². The normalized spacial score (nSPS) is 13.8. The molecule has 2 N–H and O–H groups in total. The van der Waals surface area contributed by atoms with Gasteiger partial charge in [-0.25, -0.2) is 4.39 Å². The van der Waals surface area contributed by atoms with Crippen molar-refractivity contribution in [2.75, 3.05) is 0 Å². The number of aryl methyl sites for hydroxylation is 2. The maximum Gasteiger partial charge on any atom is 0.165 e. The van der Waals surface area contributed by atoms with E-state index in [9.17, 15) is 4.39 Å².